The molecule has 1 atom stereocenters. The molecule has 0 spiro atoms. The van der Waals surface area contributed by atoms with Crippen molar-refractivity contribution in [2.45, 2.75) is 38.6 Å². The van der Waals surface area contributed by atoms with Crippen LogP contribution in [0.25, 0.3) is 0 Å². The molecule has 0 saturated carbocycles. The van der Waals surface area contributed by atoms with Crippen molar-refractivity contribution in [2.24, 2.45) is 0 Å². The van der Waals surface area contributed by atoms with E-state index < -0.39 is 0 Å². The lowest BCUT2D eigenvalue weighted by molar-refractivity contribution is 0.324. The van der Waals surface area contributed by atoms with Crippen LogP contribution in [-0.2, 0) is 0 Å². The highest BCUT2D eigenvalue weighted by molar-refractivity contribution is 5.66. The third-order valence-electron chi connectivity index (χ3n) is 4.86. The quantitative estimate of drug-likeness (QED) is 0.791. The van der Waals surface area contributed by atoms with Crippen LogP contribution in [0.4, 0.5) is 17.5 Å². The van der Waals surface area contributed by atoms with Gasteiger partial charge < -0.3 is 24.4 Å². The molecule has 8 heteroatoms. The first kappa shape index (κ1) is 19.0. The minimum absolute atomic E-state index is 0.433. The number of aromatic nitrogens is 3. The summed E-state index contributed by atoms with van der Waals surface area (Å²) in [7, 11) is 4.74. The van der Waals surface area contributed by atoms with Gasteiger partial charge in [0.15, 0.2) is 17.3 Å². The first-order chi connectivity index (χ1) is 13.2. The lowest BCUT2D eigenvalue weighted by atomic mass is 10.0. The van der Waals surface area contributed by atoms with Crippen LogP contribution in [0.1, 0.15) is 32.6 Å². The Morgan fingerprint density at radius 3 is 2.48 bits per heavy atom. The molecule has 27 heavy (non-hydrogen) atoms. The van der Waals surface area contributed by atoms with Gasteiger partial charge in [-0.3, -0.25) is 0 Å². The van der Waals surface area contributed by atoms with Crippen molar-refractivity contribution in [1.82, 2.24) is 15.2 Å². The Labute approximate surface area is 159 Å². The van der Waals surface area contributed by atoms with Gasteiger partial charge in [0.2, 0.25) is 11.7 Å². The normalized spacial score (nSPS) is 16.7. The molecule has 0 bridgehead atoms. The van der Waals surface area contributed by atoms with Gasteiger partial charge >= 0.3 is 0 Å². The van der Waals surface area contributed by atoms with Crippen molar-refractivity contribution >= 4 is 17.5 Å². The molecule has 0 radical (unpaired) electrons. The molecule has 1 unspecified atom stereocenters. The molecule has 1 fully saturated rings. The largest absolute Gasteiger partial charge is 0.493 e. The number of methoxy groups -OCH3 is 3. The second-order valence-electron chi connectivity index (χ2n) is 6.43. The lowest BCUT2D eigenvalue weighted by Gasteiger charge is -2.35. The molecule has 0 amide bonds. The first-order valence-corrected chi connectivity index (χ1v) is 9.23. The maximum absolute atomic E-state index is 5.39. The van der Waals surface area contributed by atoms with E-state index in [1.54, 1.807) is 27.5 Å². The number of hydrogen-bond acceptors (Lipinski definition) is 8. The van der Waals surface area contributed by atoms with Crippen molar-refractivity contribution in [3.63, 3.8) is 0 Å². The predicted molar refractivity (Wildman–Crippen MR) is 104 cm³/mol. The standard InChI is InChI=1S/C19H27N5O3/c1-5-14-8-6-7-9-24(14)17-12-20-23-19(22-17)21-13-10-15(25-2)18(27-4)16(11-13)26-3/h10-12,14H,5-9H2,1-4H3,(H,21,22,23). The van der Waals surface area contributed by atoms with Gasteiger partial charge in [0.25, 0.3) is 0 Å². The average molecular weight is 373 g/mol. The second-order valence-corrected chi connectivity index (χ2v) is 6.43. The summed E-state index contributed by atoms with van der Waals surface area (Å²) < 4.78 is 16.1. The van der Waals surface area contributed by atoms with Gasteiger partial charge in [-0.05, 0) is 25.7 Å². The number of piperidine rings is 1. The minimum atomic E-state index is 0.433. The summed E-state index contributed by atoms with van der Waals surface area (Å²) in [6.07, 6.45) is 6.46. The van der Waals surface area contributed by atoms with E-state index in [0.717, 1.165) is 24.5 Å². The Morgan fingerprint density at radius 2 is 1.85 bits per heavy atom. The van der Waals surface area contributed by atoms with E-state index in [-0.39, 0.29) is 0 Å². The van der Waals surface area contributed by atoms with Crippen molar-refractivity contribution in [3.05, 3.63) is 18.3 Å². The molecule has 1 N–H and O–H groups in total. The van der Waals surface area contributed by atoms with E-state index in [4.69, 9.17) is 14.2 Å². The zero-order chi connectivity index (χ0) is 19.2. The van der Waals surface area contributed by atoms with Gasteiger partial charge in [-0.1, -0.05) is 6.92 Å². The molecule has 1 aliphatic rings. The lowest BCUT2D eigenvalue weighted by Crippen LogP contribution is -2.39. The van der Waals surface area contributed by atoms with Crippen LogP contribution in [0.3, 0.4) is 0 Å². The number of rotatable bonds is 7. The molecule has 1 aromatic heterocycles. The van der Waals surface area contributed by atoms with E-state index >= 15 is 0 Å². The maximum atomic E-state index is 5.39. The van der Waals surface area contributed by atoms with Crippen LogP contribution in [0.5, 0.6) is 17.2 Å². The van der Waals surface area contributed by atoms with Gasteiger partial charge in [-0.2, -0.15) is 10.1 Å². The Bertz CT molecular complexity index is 746. The fourth-order valence-electron chi connectivity index (χ4n) is 3.50. The van der Waals surface area contributed by atoms with E-state index in [2.05, 4.69) is 32.3 Å². The monoisotopic (exact) mass is 373 g/mol. The number of hydrogen-bond donors (Lipinski definition) is 1. The maximum Gasteiger partial charge on any atom is 0.249 e. The summed E-state index contributed by atoms with van der Waals surface area (Å²) in [6, 6.07) is 4.13. The summed E-state index contributed by atoms with van der Waals surface area (Å²) in [4.78, 5) is 7.00. The van der Waals surface area contributed by atoms with Crippen molar-refractivity contribution in [1.29, 1.82) is 0 Å². The fourth-order valence-corrected chi connectivity index (χ4v) is 3.50. The van der Waals surface area contributed by atoms with E-state index in [9.17, 15) is 0 Å². The molecule has 1 aliphatic heterocycles. The summed E-state index contributed by atoms with van der Waals surface area (Å²) in [5.74, 6) is 2.95. The molecular formula is C19H27N5O3. The smallest absolute Gasteiger partial charge is 0.249 e. The number of nitrogens with zero attached hydrogens (tertiary/aromatic N) is 4. The van der Waals surface area contributed by atoms with Crippen molar-refractivity contribution in [2.75, 3.05) is 38.1 Å². The van der Waals surface area contributed by atoms with Crippen LogP contribution in [0.15, 0.2) is 18.3 Å². The van der Waals surface area contributed by atoms with Gasteiger partial charge in [-0.25, -0.2) is 0 Å². The molecule has 3 rings (SSSR count). The van der Waals surface area contributed by atoms with Crippen LogP contribution in [-0.4, -0.2) is 49.1 Å². The van der Waals surface area contributed by atoms with Crippen LogP contribution in [0, 0.1) is 0 Å². The summed E-state index contributed by atoms with van der Waals surface area (Å²) in [5, 5.41) is 11.5. The summed E-state index contributed by atoms with van der Waals surface area (Å²) >= 11 is 0. The Hall–Kier alpha value is -2.77. The molecule has 1 aromatic carbocycles. The molecule has 2 aromatic rings. The van der Waals surface area contributed by atoms with E-state index in [1.807, 2.05) is 12.1 Å². The fraction of sp³-hybridized carbons (Fsp3) is 0.526. The summed E-state index contributed by atoms with van der Waals surface area (Å²) in [5.41, 5.74) is 0.731. The highest BCUT2D eigenvalue weighted by atomic mass is 16.5. The van der Waals surface area contributed by atoms with Crippen molar-refractivity contribution < 1.29 is 14.2 Å². The zero-order valence-electron chi connectivity index (χ0n) is 16.4. The van der Waals surface area contributed by atoms with E-state index in [0.29, 0.717) is 29.2 Å². The Kier molecular flexibility index (Phi) is 6.16. The van der Waals surface area contributed by atoms with Crippen LogP contribution < -0.4 is 24.4 Å². The molecule has 8 nitrogen and oxygen atoms in total. The van der Waals surface area contributed by atoms with Gasteiger partial charge in [0.1, 0.15) is 0 Å². The highest BCUT2D eigenvalue weighted by Gasteiger charge is 2.23. The van der Waals surface area contributed by atoms with Crippen molar-refractivity contribution in [3.8, 4) is 17.2 Å². The minimum Gasteiger partial charge on any atom is -0.493 e. The third kappa shape index (κ3) is 4.15. The number of benzene rings is 1. The predicted octanol–water partition coefficient (Wildman–Crippen LogP) is 3.41. The number of nitrogens with one attached hydrogen (secondary N) is 1. The molecule has 1 saturated heterocycles. The van der Waals surface area contributed by atoms with Gasteiger partial charge in [-0.15, -0.1) is 5.10 Å². The highest BCUT2D eigenvalue weighted by Crippen LogP contribution is 2.40. The molecular weight excluding hydrogens is 346 g/mol. The van der Waals surface area contributed by atoms with Crippen LogP contribution >= 0.6 is 0 Å². The van der Waals surface area contributed by atoms with Crippen LogP contribution in [0.2, 0.25) is 0 Å². The number of anilines is 3. The number of ether oxygens (including phenoxy) is 3. The molecule has 2 heterocycles. The van der Waals surface area contributed by atoms with Gasteiger partial charge in [0.05, 0.1) is 27.5 Å². The van der Waals surface area contributed by atoms with Gasteiger partial charge in [0, 0.05) is 30.4 Å². The second kappa shape index (κ2) is 8.75. The first-order valence-electron chi connectivity index (χ1n) is 9.23. The Morgan fingerprint density at radius 1 is 1.11 bits per heavy atom. The summed E-state index contributed by atoms with van der Waals surface area (Å²) in [6.45, 7) is 3.22. The average Bonchev–Trinajstić information content (AvgIpc) is 2.73. The Balaban J connectivity index is 1.86. The third-order valence-corrected chi connectivity index (χ3v) is 4.86. The van der Waals surface area contributed by atoms with E-state index in [1.165, 1.54) is 19.3 Å². The molecule has 0 aliphatic carbocycles. The molecule has 146 valence electrons. The topological polar surface area (TPSA) is 81.6 Å². The SMILES string of the molecule is CCC1CCCCN1c1cnnc(Nc2cc(OC)c(OC)c(OC)c2)n1. The zero-order valence-corrected chi connectivity index (χ0v) is 16.4.